The van der Waals surface area contributed by atoms with E-state index in [0.29, 0.717) is 28.1 Å². The van der Waals surface area contributed by atoms with Crippen molar-refractivity contribution in [1.29, 1.82) is 0 Å². The van der Waals surface area contributed by atoms with Crippen LogP contribution in [0.1, 0.15) is 10.5 Å². The Hall–Kier alpha value is -3.30. The molecule has 0 aliphatic heterocycles. The average Bonchev–Trinajstić information content (AvgIpc) is 2.73. The van der Waals surface area contributed by atoms with Crippen molar-refractivity contribution in [3.8, 4) is 5.69 Å². The van der Waals surface area contributed by atoms with Crippen molar-refractivity contribution in [3.63, 3.8) is 0 Å². The summed E-state index contributed by atoms with van der Waals surface area (Å²) in [4.78, 5) is 27.7. The van der Waals surface area contributed by atoms with Crippen LogP contribution < -0.4 is 21.7 Å². The molecule has 0 bridgehead atoms. The fraction of sp³-hybridized carbons (Fsp3) is 0.200. The van der Waals surface area contributed by atoms with Gasteiger partial charge in [0.2, 0.25) is 0 Å². The molecular weight excluding hydrogens is 388 g/mol. The van der Waals surface area contributed by atoms with Gasteiger partial charge in [0.1, 0.15) is 0 Å². The molecule has 1 heterocycles. The van der Waals surface area contributed by atoms with E-state index in [1.54, 1.807) is 48.5 Å². The SMILES string of the molecule is CN(C)CCNC(=S)NNC(=O)c1nn(-c2ccccc2)c(=O)c2ccccc12. The second-order valence-corrected chi connectivity index (χ2v) is 6.99. The number of carbonyl (C=O) groups is 1. The number of aromatic nitrogens is 2. The second kappa shape index (κ2) is 9.26. The van der Waals surface area contributed by atoms with Crippen molar-refractivity contribution in [2.75, 3.05) is 27.2 Å². The van der Waals surface area contributed by atoms with Gasteiger partial charge in [-0.1, -0.05) is 36.4 Å². The summed E-state index contributed by atoms with van der Waals surface area (Å²) >= 11 is 5.16. The molecule has 0 saturated heterocycles. The van der Waals surface area contributed by atoms with Gasteiger partial charge >= 0.3 is 0 Å². The van der Waals surface area contributed by atoms with Gasteiger partial charge in [0.05, 0.1) is 11.1 Å². The Bertz CT molecular complexity index is 1080. The topological polar surface area (TPSA) is 91.3 Å². The van der Waals surface area contributed by atoms with Crippen molar-refractivity contribution in [1.82, 2.24) is 30.8 Å². The van der Waals surface area contributed by atoms with E-state index in [0.717, 1.165) is 6.54 Å². The van der Waals surface area contributed by atoms with Crippen LogP contribution in [0.4, 0.5) is 0 Å². The minimum Gasteiger partial charge on any atom is -0.360 e. The molecule has 0 spiro atoms. The van der Waals surface area contributed by atoms with Gasteiger partial charge in [-0.25, -0.2) is 0 Å². The van der Waals surface area contributed by atoms with E-state index in [1.165, 1.54) is 4.68 Å². The Morgan fingerprint density at radius 1 is 1.03 bits per heavy atom. The lowest BCUT2D eigenvalue weighted by atomic mass is 10.1. The highest BCUT2D eigenvalue weighted by atomic mass is 32.1. The average molecular weight is 411 g/mol. The van der Waals surface area contributed by atoms with Crippen LogP contribution in [0.25, 0.3) is 16.5 Å². The first-order valence-electron chi connectivity index (χ1n) is 9.04. The Kier molecular flexibility index (Phi) is 6.53. The molecule has 3 aromatic rings. The minimum absolute atomic E-state index is 0.118. The molecule has 3 N–H and O–H groups in total. The second-order valence-electron chi connectivity index (χ2n) is 6.58. The number of hydrazine groups is 1. The van der Waals surface area contributed by atoms with Gasteiger partial charge in [-0.2, -0.15) is 9.78 Å². The number of benzene rings is 2. The smallest absolute Gasteiger partial charge is 0.290 e. The summed E-state index contributed by atoms with van der Waals surface area (Å²) in [6, 6.07) is 15.8. The number of para-hydroxylation sites is 1. The van der Waals surface area contributed by atoms with E-state index in [9.17, 15) is 9.59 Å². The van der Waals surface area contributed by atoms with E-state index in [-0.39, 0.29) is 11.3 Å². The van der Waals surface area contributed by atoms with Crippen LogP contribution in [-0.2, 0) is 0 Å². The normalized spacial score (nSPS) is 10.7. The van der Waals surface area contributed by atoms with E-state index < -0.39 is 5.91 Å². The number of carbonyl (C=O) groups excluding carboxylic acids is 1. The Morgan fingerprint density at radius 2 is 1.69 bits per heavy atom. The predicted octanol–water partition coefficient (Wildman–Crippen LogP) is 1.06. The number of rotatable bonds is 5. The zero-order chi connectivity index (χ0) is 20.8. The van der Waals surface area contributed by atoms with E-state index in [1.807, 2.05) is 25.1 Å². The molecule has 0 aliphatic rings. The lowest BCUT2D eigenvalue weighted by Gasteiger charge is -2.15. The maximum atomic E-state index is 12.9. The lowest BCUT2D eigenvalue weighted by Crippen LogP contribution is -2.48. The number of nitrogens with zero attached hydrogens (tertiary/aromatic N) is 3. The van der Waals surface area contributed by atoms with E-state index >= 15 is 0 Å². The molecule has 0 saturated carbocycles. The third kappa shape index (κ3) is 4.95. The first kappa shape index (κ1) is 20.4. The number of nitrogens with one attached hydrogen (secondary N) is 3. The van der Waals surface area contributed by atoms with Gasteiger partial charge in [-0.15, -0.1) is 0 Å². The highest BCUT2D eigenvalue weighted by Crippen LogP contribution is 2.15. The molecule has 29 heavy (non-hydrogen) atoms. The molecule has 0 atom stereocenters. The van der Waals surface area contributed by atoms with Crippen LogP contribution in [0.15, 0.2) is 59.4 Å². The van der Waals surface area contributed by atoms with Crippen LogP contribution >= 0.6 is 12.2 Å². The molecule has 0 radical (unpaired) electrons. The molecule has 1 aromatic heterocycles. The third-order valence-corrected chi connectivity index (χ3v) is 4.40. The van der Waals surface area contributed by atoms with Crippen molar-refractivity contribution in [2.24, 2.45) is 0 Å². The summed E-state index contributed by atoms with van der Waals surface area (Å²) in [5.41, 5.74) is 5.61. The Morgan fingerprint density at radius 3 is 2.38 bits per heavy atom. The first-order chi connectivity index (χ1) is 14.0. The maximum Gasteiger partial charge on any atom is 0.290 e. The lowest BCUT2D eigenvalue weighted by molar-refractivity contribution is 0.0939. The quantitative estimate of drug-likeness (QED) is 0.428. The molecule has 0 fully saturated rings. The fourth-order valence-corrected chi connectivity index (χ4v) is 2.86. The Balaban J connectivity index is 1.86. The molecule has 1 amide bonds. The monoisotopic (exact) mass is 410 g/mol. The largest absolute Gasteiger partial charge is 0.360 e. The molecule has 8 nitrogen and oxygen atoms in total. The minimum atomic E-state index is -0.498. The number of hydrogen-bond donors (Lipinski definition) is 3. The molecule has 150 valence electrons. The highest BCUT2D eigenvalue weighted by molar-refractivity contribution is 7.80. The van der Waals surface area contributed by atoms with Crippen molar-refractivity contribution in [3.05, 3.63) is 70.6 Å². The van der Waals surface area contributed by atoms with Gasteiger partial charge < -0.3 is 10.2 Å². The summed E-state index contributed by atoms with van der Waals surface area (Å²) in [7, 11) is 3.91. The van der Waals surface area contributed by atoms with Crippen LogP contribution in [-0.4, -0.2) is 52.9 Å². The van der Waals surface area contributed by atoms with Gasteiger partial charge in [0.15, 0.2) is 10.8 Å². The van der Waals surface area contributed by atoms with Crippen LogP contribution in [0.2, 0.25) is 0 Å². The van der Waals surface area contributed by atoms with Gasteiger partial charge in [0.25, 0.3) is 11.5 Å². The molecule has 0 aliphatic carbocycles. The van der Waals surface area contributed by atoms with Crippen molar-refractivity contribution >= 4 is 34.0 Å². The van der Waals surface area contributed by atoms with Gasteiger partial charge in [0, 0.05) is 18.5 Å². The molecule has 2 aromatic carbocycles. The number of thiocarbonyl (C=S) groups is 1. The number of likely N-dealkylation sites (N-methyl/N-ethyl adjacent to an activating group) is 1. The molecule has 9 heteroatoms. The molecule has 3 rings (SSSR count). The molecular formula is C20H22N6O2S. The van der Waals surface area contributed by atoms with Crippen molar-refractivity contribution in [2.45, 2.75) is 0 Å². The third-order valence-electron chi connectivity index (χ3n) is 4.15. The van der Waals surface area contributed by atoms with Gasteiger partial charge in [-0.05, 0) is 44.5 Å². The van der Waals surface area contributed by atoms with Crippen molar-refractivity contribution < 1.29 is 4.79 Å². The van der Waals surface area contributed by atoms with Crippen LogP contribution in [0, 0.1) is 0 Å². The summed E-state index contributed by atoms with van der Waals surface area (Å²) in [6.07, 6.45) is 0. The summed E-state index contributed by atoms with van der Waals surface area (Å²) in [6.45, 7) is 1.43. The molecule has 0 unspecified atom stereocenters. The fourth-order valence-electron chi connectivity index (χ4n) is 2.71. The summed E-state index contributed by atoms with van der Waals surface area (Å²) in [5, 5.41) is 8.47. The van der Waals surface area contributed by atoms with E-state index in [4.69, 9.17) is 12.2 Å². The zero-order valence-corrected chi connectivity index (χ0v) is 17.0. The number of hydrogen-bond acceptors (Lipinski definition) is 5. The van der Waals surface area contributed by atoms with E-state index in [2.05, 4.69) is 21.3 Å². The van der Waals surface area contributed by atoms with Gasteiger partial charge in [-0.3, -0.25) is 20.4 Å². The predicted molar refractivity (Wildman–Crippen MR) is 117 cm³/mol. The maximum absolute atomic E-state index is 12.9. The number of fused-ring (bicyclic) bond motifs is 1. The van der Waals surface area contributed by atoms with Crippen LogP contribution in [0.3, 0.4) is 0 Å². The zero-order valence-electron chi connectivity index (χ0n) is 16.2. The number of amides is 1. The highest BCUT2D eigenvalue weighted by Gasteiger charge is 2.17. The summed E-state index contributed by atoms with van der Waals surface area (Å²) < 4.78 is 1.23. The summed E-state index contributed by atoms with van der Waals surface area (Å²) in [5.74, 6) is -0.498. The van der Waals surface area contributed by atoms with Crippen LogP contribution in [0.5, 0.6) is 0 Å². The first-order valence-corrected chi connectivity index (χ1v) is 9.44. The standard InChI is InChI=1S/C20H22N6O2S/c1-25(2)13-12-21-20(29)23-22-18(27)17-15-10-6-7-11-16(15)19(28)26(24-17)14-8-4-3-5-9-14/h3-11H,12-13H2,1-2H3,(H,22,27)(H2,21,23,29). The Labute approximate surface area is 173 Å².